The van der Waals surface area contributed by atoms with Gasteiger partial charge in [0.05, 0.1) is 5.52 Å². The molecule has 0 radical (unpaired) electrons. The van der Waals surface area contributed by atoms with Gasteiger partial charge in [-0.3, -0.25) is 9.78 Å². The number of aromatic hydroxyl groups is 1. The first kappa shape index (κ1) is 14.1. The van der Waals surface area contributed by atoms with Crippen LogP contribution in [0.5, 0.6) is 5.75 Å². The fourth-order valence-electron chi connectivity index (χ4n) is 2.82. The molecule has 0 saturated carbocycles. The number of hydrogen-bond acceptors (Lipinski definition) is 3. The Labute approximate surface area is 135 Å². The molecule has 118 valence electrons. The zero-order valence-electron chi connectivity index (χ0n) is 12.5. The van der Waals surface area contributed by atoms with Crippen molar-refractivity contribution >= 4 is 11.0 Å². The number of H-pyrrole nitrogens is 2. The first-order valence-electron chi connectivity index (χ1n) is 7.36. The molecule has 6 nitrogen and oxygen atoms in total. The predicted octanol–water partition coefficient (Wildman–Crippen LogP) is 2.38. The van der Waals surface area contributed by atoms with Crippen molar-refractivity contribution in [3.05, 3.63) is 81.6 Å². The van der Waals surface area contributed by atoms with Crippen LogP contribution in [0.3, 0.4) is 0 Å². The predicted molar refractivity (Wildman–Crippen MR) is 91.6 cm³/mol. The average Bonchev–Trinajstić information content (AvgIpc) is 2.99. The van der Waals surface area contributed by atoms with E-state index in [2.05, 4.69) is 9.97 Å². The van der Waals surface area contributed by atoms with Crippen LogP contribution in [0.25, 0.3) is 27.8 Å². The molecule has 0 saturated heterocycles. The van der Waals surface area contributed by atoms with E-state index < -0.39 is 11.2 Å². The summed E-state index contributed by atoms with van der Waals surface area (Å²) in [6.45, 7) is 0. The van der Waals surface area contributed by atoms with Crippen molar-refractivity contribution in [3.63, 3.8) is 0 Å². The molecule has 0 aliphatic rings. The highest BCUT2D eigenvalue weighted by molar-refractivity contribution is 5.77. The number of para-hydroxylation sites is 1. The highest BCUT2D eigenvalue weighted by Gasteiger charge is 2.09. The quantitative estimate of drug-likeness (QED) is 0.530. The first-order chi connectivity index (χ1) is 11.6. The van der Waals surface area contributed by atoms with Crippen LogP contribution in [0, 0.1) is 0 Å². The Morgan fingerprint density at radius 3 is 2.38 bits per heavy atom. The summed E-state index contributed by atoms with van der Waals surface area (Å²) in [6.07, 6.45) is 1.73. The molecule has 2 aromatic carbocycles. The van der Waals surface area contributed by atoms with E-state index in [4.69, 9.17) is 0 Å². The maximum absolute atomic E-state index is 12.1. The fourth-order valence-corrected chi connectivity index (χ4v) is 2.82. The summed E-state index contributed by atoms with van der Waals surface area (Å²) in [4.78, 5) is 28.2. The lowest BCUT2D eigenvalue weighted by atomic mass is 10.0. The molecule has 0 spiro atoms. The van der Waals surface area contributed by atoms with Crippen molar-refractivity contribution < 1.29 is 5.11 Å². The van der Waals surface area contributed by atoms with Crippen LogP contribution in [0.2, 0.25) is 0 Å². The molecule has 0 aliphatic carbocycles. The van der Waals surface area contributed by atoms with Crippen LogP contribution in [0.1, 0.15) is 0 Å². The molecule has 3 N–H and O–H groups in total. The standard InChI is InChI=1S/C18H13N3O3/c22-15-4-2-1-3-13(15)11-5-7-12(8-6-11)21-10-9-14-16(21)17(23)20-18(24)19-14/h1-10,22H,(H2,19,20,23,24). The molecular formula is C18H13N3O3. The van der Waals surface area contributed by atoms with Gasteiger partial charge in [-0.1, -0.05) is 30.3 Å². The highest BCUT2D eigenvalue weighted by atomic mass is 16.3. The van der Waals surface area contributed by atoms with Crippen LogP contribution in [-0.4, -0.2) is 19.6 Å². The molecule has 0 amide bonds. The maximum Gasteiger partial charge on any atom is 0.326 e. The van der Waals surface area contributed by atoms with Crippen LogP contribution in [-0.2, 0) is 0 Å². The van der Waals surface area contributed by atoms with Gasteiger partial charge in [0.1, 0.15) is 11.3 Å². The van der Waals surface area contributed by atoms with Crippen molar-refractivity contribution in [3.8, 4) is 22.6 Å². The molecule has 6 heteroatoms. The second-order valence-corrected chi connectivity index (χ2v) is 5.42. The molecule has 0 bridgehead atoms. The van der Waals surface area contributed by atoms with Crippen molar-refractivity contribution in [1.29, 1.82) is 0 Å². The lowest BCUT2D eigenvalue weighted by Gasteiger charge is -2.08. The topological polar surface area (TPSA) is 90.9 Å². The lowest BCUT2D eigenvalue weighted by molar-refractivity contribution is 0.477. The van der Waals surface area contributed by atoms with Crippen molar-refractivity contribution in [1.82, 2.24) is 14.5 Å². The van der Waals surface area contributed by atoms with Crippen LogP contribution in [0.15, 0.2) is 70.4 Å². The van der Waals surface area contributed by atoms with Gasteiger partial charge in [-0.15, -0.1) is 0 Å². The minimum atomic E-state index is -0.528. The van der Waals surface area contributed by atoms with Crippen LogP contribution >= 0.6 is 0 Å². The Bertz CT molecular complexity index is 1150. The highest BCUT2D eigenvalue weighted by Crippen LogP contribution is 2.29. The largest absolute Gasteiger partial charge is 0.507 e. The molecule has 0 unspecified atom stereocenters. The second-order valence-electron chi connectivity index (χ2n) is 5.42. The Kier molecular flexibility index (Phi) is 3.09. The number of nitrogens with one attached hydrogen (secondary N) is 2. The van der Waals surface area contributed by atoms with E-state index in [0.717, 1.165) is 16.8 Å². The molecule has 4 aromatic rings. The van der Waals surface area contributed by atoms with Gasteiger partial charge in [-0.2, -0.15) is 0 Å². The SMILES string of the molecule is O=c1[nH]c(=O)c2c(ccn2-c2ccc(-c3ccccc3O)cc2)[nH]1. The number of aromatic amines is 2. The number of rotatable bonds is 2. The van der Waals surface area contributed by atoms with Gasteiger partial charge in [-0.25, -0.2) is 4.79 Å². The third-order valence-corrected chi connectivity index (χ3v) is 3.94. The average molecular weight is 319 g/mol. The van der Waals surface area contributed by atoms with Crippen LogP contribution < -0.4 is 11.2 Å². The van der Waals surface area contributed by atoms with E-state index in [-0.39, 0.29) is 5.75 Å². The maximum atomic E-state index is 12.1. The number of aromatic nitrogens is 3. The molecule has 0 aliphatic heterocycles. The van der Waals surface area contributed by atoms with Gasteiger partial charge >= 0.3 is 5.69 Å². The van der Waals surface area contributed by atoms with E-state index >= 15 is 0 Å². The van der Waals surface area contributed by atoms with Gasteiger partial charge in [0.15, 0.2) is 0 Å². The number of benzene rings is 2. The summed E-state index contributed by atoms with van der Waals surface area (Å²) >= 11 is 0. The van der Waals surface area contributed by atoms with Gasteiger partial charge in [0.25, 0.3) is 5.56 Å². The Morgan fingerprint density at radius 1 is 0.875 bits per heavy atom. The first-order valence-corrected chi connectivity index (χ1v) is 7.36. The number of nitrogens with zero attached hydrogens (tertiary/aromatic N) is 1. The Hall–Kier alpha value is -3.54. The second kappa shape index (κ2) is 5.27. The summed E-state index contributed by atoms with van der Waals surface area (Å²) in [7, 11) is 0. The Morgan fingerprint density at radius 2 is 1.62 bits per heavy atom. The molecule has 0 fully saturated rings. The lowest BCUT2D eigenvalue weighted by Crippen LogP contribution is -2.22. The molecule has 2 aromatic heterocycles. The zero-order valence-corrected chi connectivity index (χ0v) is 12.5. The minimum Gasteiger partial charge on any atom is -0.507 e. The van der Waals surface area contributed by atoms with Crippen molar-refractivity contribution in [2.24, 2.45) is 0 Å². The summed E-state index contributed by atoms with van der Waals surface area (Å²) in [6, 6.07) is 16.2. The fraction of sp³-hybridized carbons (Fsp3) is 0. The molecular weight excluding hydrogens is 306 g/mol. The van der Waals surface area contributed by atoms with Crippen molar-refractivity contribution in [2.45, 2.75) is 0 Å². The third-order valence-electron chi connectivity index (χ3n) is 3.94. The number of fused-ring (bicyclic) bond motifs is 1. The van der Waals surface area contributed by atoms with Gasteiger partial charge < -0.3 is 14.7 Å². The molecule has 0 atom stereocenters. The number of phenolic OH excluding ortho intramolecular Hbond substituents is 1. The van der Waals surface area contributed by atoms with Crippen LogP contribution in [0.4, 0.5) is 0 Å². The normalized spacial score (nSPS) is 11.0. The van der Waals surface area contributed by atoms with E-state index in [0.29, 0.717) is 11.0 Å². The van der Waals surface area contributed by atoms with E-state index in [9.17, 15) is 14.7 Å². The summed E-state index contributed by atoms with van der Waals surface area (Å²) in [5, 5.41) is 9.94. The van der Waals surface area contributed by atoms with Gasteiger partial charge in [0, 0.05) is 17.4 Å². The number of phenols is 1. The van der Waals surface area contributed by atoms with E-state index in [1.165, 1.54) is 0 Å². The zero-order chi connectivity index (χ0) is 16.7. The van der Waals surface area contributed by atoms with Crippen molar-refractivity contribution in [2.75, 3.05) is 0 Å². The number of hydrogen-bond donors (Lipinski definition) is 3. The summed E-state index contributed by atoms with van der Waals surface area (Å²) in [5.41, 5.74) is 2.28. The minimum absolute atomic E-state index is 0.214. The van der Waals surface area contributed by atoms with Gasteiger partial charge in [0.2, 0.25) is 0 Å². The molecule has 24 heavy (non-hydrogen) atoms. The summed E-state index contributed by atoms with van der Waals surface area (Å²) in [5.74, 6) is 0.214. The van der Waals surface area contributed by atoms with E-state index in [1.807, 2.05) is 36.4 Å². The molecule has 4 rings (SSSR count). The van der Waals surface area contributed by atoms with Gasteiger partial charge in [-0.05, 0) is 29.8 Å². The third kappa shape index (κ3) is 2.21. The monoisotopic (exact) mass is 319 g/mol. The Balaban J connectivity index is 1.83. The smallest absolute Gasteiger partial charge is 0.326 e. The molecule has 2 heterocycles. The van der Waals surface area contributed by atoms with E-state index in [1.54, 1.807) is 29.0 Å². The summed E-state index contributed by atoms with van der Waals surface area (Å²) < 4.78 is 1.71.